The van der Waals surface area contributed by atoms with Crippen LogP contribution in [0.1, 0.15) is 20.3 Å². The number of rotatable bonds is 9. The molecule has 0 radical (unpaired) electrons. The standard InChI is InChI=1S/C19H22ClN2O5P/c1-3-25-28(24,26-4-2)11-5-10-22-18-17(27-19(22)23)12-15(13-21-18)14-6-8-16(20)9-7-14/h6-9,12-13H,3-5,10-11H2,1-2H3. The fourth-order valence-corrected chi connectivity index (χ4v) is 4.70. The van der Waals surface area contributed by atoms with Gasteiger partial charge < -0.3 is 13.5 Å². The molecule has 0 aliphatic carbocycles. The number of oxazole rings is 1. The van der Waals surface area contributed by atoms with E-state index in [9.17, 15) is 9.36 Å². The molecule has 150 valence electrons. The molecule has 0 aliphatic rings. The first kappa shape index (κ1) is 20.8. The summed E-state index contributed by atoms with van der Waals surface area (Å²) in [5.41, 5.74) is 2.59. The van der Waals surface area contributed by atoms with Crippen molar-refractivity contribution in [3.05, 3.63) is 52.1 Å². The lowest BCUT2D eigenvalue weighted by Gasteiger charge is -2.16. The minimum absolute atomic E-state index is 0.219. The number of halogens is 1. The monoisotopic (exact) mass is 424 g/mol. The molecule has 0 saturated heterocycles. The molecule has 0 amide bonds. The zero-order chi connectivity index (χ0) is 20.1. The van der Waals surface area contributed by atoms with E-state index < -0.39 is 13.4 Å². The lowest BCUT2D eigenvalue weighted by molar-refractivity contribution is 0.219. The molecule has 3 aromatic rings. The largest absolute Gasteiger partial charge is 0.421 e. The molecule has 2 aromatic heterocycles. The van der Waals surface area contributed by atoms with Crippen LogP contribution in [0.2, 0.25) is 5.02 Å². The van der Waals surface area contributed by atoms with Gasteiger partial charge in [0.15, 0.2) is 11.2 Å². The SMILES string of the molecule is CCOP(=O)(CCCn1c(=O)oc2cc(-c3ccc(Cl)cc3)cnc21)OCC. The van der Waals surface area contributed by atoms with Crippen LogP contribution in [0.3, 0.4) is 0 Å². The molecule has 3 rings (SSSR count). The van der Waals surface area contributed by atoms with Crippen molar-refractivity contribution in [3.8, 4) is 11.1 Å². The fourth-order valence-electron chi connectivity index (χ4n) is 2.93. The lowest BCUT2D eigenvalue weighted by Crippen LogP contribution is -2.16. The Kier molecular flexibility index (Phi) is 6.73. The van der Waals surface area contributed by atoms with E-state index >= 15 is 0 Å². The predicted octanol–water partition coefficient (Wildman–Crippen LogP) is 4.97. The lowest BCUT2D eigenvalue weighted by atomic mass is 10.1. The Bertz CT molecular complexity index is 1030. The molecule has 9 heteroatoms. The van der Waals surface area contributed by atoms with Crippen LogP contribution < -0.4 is 5.76 Å². The molecule has 0 bridgehead atoms. The summed E-state index contributed by atoms with van der Waals surface area (Å²) in [6.45, 7) is 4.45. The van der Waals surface area contributed by atoms with Crippen molar-refractivity contribution >= 4 is 30.4 Å². The van der Waals surface area contributed by atoms with Crippen LogP contribution in [0.4, 0.5) is 0 Å². The first-order valence-electron chi connectivity index (χ1n) is 9.09. The van der Waals surface area contributed by atoms with Crippen LogP contribution in [0.25, 0.3) is 22.4 Å². The normalized spacial score (nSPS) is 12.0. The second kappa shape index (κ2) is 9.05. The maximum absolute atomic E-state index is 12.5. The summed E-state index contributed by atoms with van der Waals surface area (Å²) >= 11 is 5.92. The summed E-state index contributed by atoms with van der Waals surface area (Å²) in [6, 6.07) is 9.10. The Morgan fingerprint density at radius 1 is 1.14 bits per heavy atom. The van der Waals surface area contributed by atoms with Crippen LogP contribution in [-0.4, -0.2) is 28.9 Å². The number of hydrogen-bond acceptors (Lipinski definition) is 6. The first-order chi connectivity index (χ1) is 13.5. The summed E-state index contributed by atoms with van der Waals surface area (Å²) in [7, 11) is -3.14. The van der Waals surface area contributed by atoms with Crippen LogP contribution in [0.5, 0.6) is 0 Å². The number of fused-ring (bicyclic) bond motifs is 1. The summed E-state index contributed by atoms with van der Waals surface area (Å²) in [4.78, 5) is 16.6. The van der Waals surface area contributed by atoms with Crippen LogP contribution in [0.15, 0.2) is 45.7 Å². The number of aryl methyl sites for hydroxylation is 1. The topological polar surface area (TPSA) is 83.6 Å². The van der Waals surface area contributed by atoms with Crippen molar-refractivity contribution in [1.29, 1.82) is 0 Å². The van der Waals surface area contributed by atoms with Gasteiger partial charge >= 0.3 is 13.4 Å². The van der Waals surface area contributed by atoms with Gasteiger partial charge in [-0.15, -0.1) is 0 Å². The highest BCUT2D eigenvalue weighted by Gasteiger charge is 2.23. The number of benzene rings is 1. The van der Waals surface area contributed by atoms with Gasteiger partial charge in [-0.1, -0.05) is 23.7 Å². The van der Waals surface area contributed by atoms with Gasteiger partial charge in [0.2, 0.25) is 0 Å². The third kappa shape index (κ3) is 4.73. The van der Waals surface area contributed by atoms with Crippen molar-refractivity contribution in [1.82, 2.24) is 9.55 Å². The second-order valence-corrected chi connectivity index (χ2v) is 8.72. The van der Waals surface area contributed by atoms with E-state index in [0.717, 1.165) is 11.1 Å². The molecule has 0 spiro atoms. The minimum Gasteiger partial charge on any atom is -0.406 e. The van der Waals surface area contributed by atoms with Crippen molar-refractivity contribution in [2.24, 2.45) is 0 Å². The van der Waals surface area contributed by atoms with Crippen molar-refractivity contribution in [3.63, 3.8) is 0 Å². The minimum atomic E-state index is -3.14. The molecule has 2 heterocycles. The quantitative estimate of drug-likeness (QED) is 0.451. The van der Waals surface area contributed by atoms with Gasteiger partial charge in [0.25, 0.3) is 0 Å². The highest BCUT2D eigenvalue weighted by Crippen LogP contribution is 2.48. The first-order valence-corrected chi connectivity index (χ1v) is 11.2. The Hall–Kier alpha value is -1.92. The Labute approximate surface area is 167 Å². The smallest absolute Gasteiger partial charge is 0.406 e. The zero-order valence-corrected chi connectivity index (χ0v) is 17.4. The molecule has 0 saturated carbocycles. The van der Waals surface area contributed by atoms with Crippen LogP contribution in [0, 0.1) is 0 Å². The van der Waals surface area contributed by atoms with Gasteiger partial charge in [-0.3, -0.25) is 9.13 Å². The number of hydrogen-bond donors (Lipinski definition) is 0. The average Bonchev–Trinajstić information content (AvgIpc) is 2.97. The van der Waals surface area contributed by atoms with Gasteiger partial charge in [0, 0.05) is 23.3 Å². The van der Waals surface area contributed by atoms with E-state index in [1.807, 2.05) is 12.1 Å². The predicted molar refractivity (Wildman–Crippen MR) is 109 cm³/mol. The van der Waals surface area contributed by atoms with Gasteiger partial charge in [-0.05, 0) is 44.0 Å². The van der Waals surface area contributed by atoms with Crippen LogP contribution >= 0.6 is 19.2 Å². The molecule has 1 aromatic carbocycles. The number of nitrogens with zero attached hydrogens (tertiary/aromatic N) is 2. The second-order valence-electron chi connectivity index (χ2n) is 6.10. The van der Waals surface area contributed by atoms with Crippen molar-refractivity contribution in [2.45, 2.75) is 26.8 Å². The van der Waals surface area contributed by atoms with E-state index in [0.29, 0.717) is 42.4 Å². The molecule has 7 nitrogen and oxygen atoms in total. The molecular weight excluding hydrogens is 403 g/mol. The van der Waals surface area contributed by atoms with E-state index in [4.69, 9.17) is 25.1 Å². The summed E-state index contributed by atoms with van der Waals surface area (Å²) in [5, 5.41) is 0.645. The third-order valence-corrected chi connectivity index (χ3v) is 6.57. The number of aromatic nitrogens is 2. The third-order valence-electron chi connectivity index (χ3n) is 4.15. The Morgan fingerprint density at radius 2 is 1.82 bits per heavy atom. The van der Waals surface area contributed by atoms with Gasteiger partial charge in [0.05, 0.1) is 19.4 Å². The van der Waals surface area contributed by atoms with Crippen molar-refractivity contribution < 1.29 is 18.0 Å². The summed E-state index contributed by atoms with van der Waals surface area (Å²) < 4.78 is 29.9. The van der Waals surface area contributed by atoms with E-state index in [-0.39, 0.29) is 6.16 Å². The molecule has 0 fully saturated rings. The molecule has 0 aliphatic heterocycles. The van der Waals surface area contributed by atoms with E-state index in [1.54, 1.807) is 38.2 Å². The maximum Gasteiger partial charge on any atom is 0.421 e. The molecular formula is C19H22ClN2O5P. The van der Waals surface area contributed by atoms with Gasteiger partial charge in [-0.25, -0.2) is 9.78 Å². The molecule has 0 N–H and O–H groups in total. The fraction of sp³-hybridized carbons (Fsp3) is 0.368. The molecule has 28 heavy (non-hydrogen) atoms. The van der Waals surface area contributed by atoms with Gasteiger partial charge in [-0.2, -0.15) is 0 Å². The highest BCUT2D eigenvalue weighted by molar-refractivity contribution is 7.53. The molecule has 0 atom stereocenters. The van der Waals surface area contributed by atoms with Crippen molar-refractivity contribution in [2.75, 3.05) is 19.4 Å². The summed E-state index contributed by atoms with van der Waals surface area (Å²) in [6.07, 6.45) is 2.34. The van der Waals surface area contributed by atoms with Crippen LogP contribution in [-0.2, 0) is 20.2 Å². The zero-order valence-electron chi connectivity index (χ0n) is 15.8. The average molecular weight is 425 g/mol. The van der Waals surface area contributed by atoms with E-state index in [1.165, 1.54) is 4.57 Å². The Balaban J connectivity index is 1.79. The number of pyridine rings is 1. The highest BCUT2D eigenvalue weighted by atomic mass is 35.5. The maximum atomic E-state index is 12.5. The molecule has 0 unspecified atom stereocenters. The van der Waals surface area contributed by atoms with E-state index in [2.05, 4.69) is 4.98 Å². The summed E-state index contributed by atoms with van der Waals surface area (Å²) in [5.74, 6) is -0.501. The van der Waals surface area contributed by atoms with Gasteiger partial charge in [0.1, 0.15) is 0 Å². The Morgan fingerprint density at radius 3 is 2.46 bits per heavy atom.